The number of ether oxygens (including phenoxy) is 2. The predicted octanol–water partition coefficient (Wildman–Crippen LogP) is 4.12. The van der Waals surface area contributed by atoms with E-state index in [0.29, 0.717) is 23.6 Å². The maximum Gasteiger partial charge on any atom is 0.233 e. The summed E-state index contributed by atoms with van der Waals surface area (Å²) in [6.45, 7) is 5.93. The number of aromatic nitrogens is 5. The van der Waals surface area contributed by atoms with Crippen LogP contribution in [0.4, 0.5) is 29.2 Å². The summed E-state index contributed by atoms with van der Waals surface area (Å²) in [5, 5.41) is 6.55. The van der Waals surface area contributed by atoms with Gasteiger partial charge >= 0.3 is 0 Å². The molecule has 0 aliphatic carbocycles. The SMILES string of the molecule is CCN(CC)c1nc(Nc2ccc(-n3ccnc3)cc2)nc(Nc2ccc3c(c2)OCO3)n1. The van der Waals surface area contributed by atoms with Crippen LogP contribution in [0.2, 0.25) is 0 Å². The summed E-state index contributed by atoms with van der Waals surface area (Å²) in [5.41, 5.74) is 2.68. The Morgan fingerprint density at radius 2 is 1.58 bits per heavy atom. The summed E-state index contributed by atoms with van der Waals surface area (Å²) in [6.07, 6.45) is 5.41. The number of imidazole rings is 1. The maximum atomic E-state index is 5.47. The largest absolute Gasteiger partial charge is 0.454 e. The standard InChI is InChI=1S/C23H24N8O2/c1-3-30(4-2)23-28-21(25-16-5-8-18(9-6-16)31-12-11-24-14-31)27-22(29-23)26-17-7-10-19-20(13-17)33-15-32-19/h5-14H,3-4,15H2,1-2H3,(H2,25,26,27,28,29). The fraction of sp³-hybridized carbons (Fsp3) is 0.217. The minimum Gasteiger partial charge on any atom is -0.454 e. The summed E-state index contributed by atoms with van der Waals surface area (Å²) in [4.78, 5) is 20.0. The normalized spacial score (nSPS) is 11.9. The van der Waals surface area contributed by atoms with Crippen molar-refractivity contribution in [2.75, 3.05) is 35.4 Å². The van der Waals surface area contributed by atoms with Gasteiger partial charge in [0.1, 0.15) is 0 Å². The molecule has 10 heteroatoms. The fourth-order valence-electron chi connectivity index (χ4n) is 3.49. The third kappa shape index (κ3) is 4.49. The molecule has 3 heterocycles. The maximum absolute atomic E-state index is 5.47. The third-order valence-electron chi connectivity index (χ3n) is 5.22. The van der Waals surface area contributed by atoms with E-state index in [9.17, 15) is 0 Å². The molecule has 0 spiro atoms. The highest BCUT2D eigenvalue weighted by atomic mass is 16.7. The molecule has 168 valence electrons. The fourth-order valence-corrected chi connectivity index (χ4v) is 3.49. The van der Waals surface area contributed by atoms with Crippen molar-refractivity contribution in [2.24, 2.45) is 0 Å². The van der Waals surface area contributed by atoms with Gasteiger partial charge in [-0.05, 0) is 50.2 Å². The molecule has 1 aliphatic heterocycles. The van der Waals surface area contributed by atoms with E-state index in [1.165, 1.54) is 0 Å². The molecule has 0 fully saturated rings. The lowest BCUT2D eigenvalue weighted by atomic mass is 10.3. The Balaban J connectivity index is 1.41. The third-order valence-corrected chi connectivity index (χ3v) is 5.22. The van der Waals surface area contributed by atoms with Crippen molar-refractivity contribution in [1.82, 2.24) is 24.5 Å². The molecule has 1 aliphatic rings. The van der Waals surface area contributed by atoms with Gasteiger partial charge in [-0.2, -0.15) is 15.0 Å². The lowest BCUT2D eigenvalue weighted by Gasteiger charge is -2.20. The zero-order valence-electron chi connectivity index (χ0n) is 18.4. The average Bonchev–Trinajstić information content (AvgIpc) is 3.52. The van der Waals surface area contributed by atoms with Crippen LogP contribution in [0.3, 0.4) is 0 Å². The van der Waals surface area contributed by atoms with Crippen LogP contribution in [0.1, 0.15) is 13.8 Å². The van der Waals surface area contributed by atoms with Crippen molar-refractivity contribution >= 4 is 29.2 Å². The average molecular weight is 444 g/mol. The van der Waals surface area contributed by atoms with Crippen molar-refractivity contribution in [1.29, 1.82) is 0 Å². The smallest absolute Gasteiger partial charge is 0.233 e. The van der Waals surface area contributed by atoms with E-state index in [1.54, 1.807) is 12.5 Å². The first kappa shape index (κ1) is 20.6. The van der Waals surface area contributed by atoms with Crippen LogP contribution in [0.15, 0.2) is 61.2 Å². The van der Waals surface area contributed by atoms with Crippen molar-refractivity contribution in [3.8, 4) is 17.2 Å². The molecule has 0 saturated carbocycles. The molecule has 0 atom stereocenters. The lowest BCUT2D eigenvalue weighted by molar-refractivity contribution is 0.174. The second-order valence-electron chi connectivity index (χ2n) is 7.29. The molecule has 0 radical (unpaired) electrons. The predicted molar refractivity (Wildman–Crippen MR) is 126 cm³/mol. The number of nitrogens with one attached hydrogen (secondary N) is 2. The van der Waals surface area contributed by atoms with Gasteiger partial charge in [0.2, 0.25) is 24.6 Å². The molecule has 5 rings (SSSR count). The molecule has 2 aromatic heterocycles. The van der Waals surface area contributed by atoms with Crippen LogP contribution in [-0.2, 0) is 0 Å². The topological polar surface area (TPSA) is 102 Å². The quantitative estimate of drug-likeness (QED) is 0.415. The molecule has 0 amide bonds. The van der Waals surface area contributed by atoms with Gasteiger partial charge in [0.05, 0.1) is 6.33 Å². The zero-order valence-corrected chi connectivity index (χ0v) is 18.4. The number of fused-ring (bicyclic) bond motifs is 1. The molecule has 10 nitrogen and oxygen atoms in total. The number of hydrogen-bond donors (Lipinski definition) is 2. The molecule has 4 aromatic rings. The van der Waals surface area contributed by atoms with E-state index in [2.05, 4.69) is 49.3 Å². The number of benzene rings is 2. The van der Waals surface area contributed by atoms with Gasteiger partial charge < -0.3 is 29.6 Å². The zero-order chi connectivity index (χ0) is 22.6. The Morgan fingerprint density at radius 3 is 2.27 bits per heavy atom. The minimum atomic E-state index is 0.227. The molecule has 33 heavy (non-hydrogen) atoms. The highest BCUT2D eigenvalue weighted by molar-refractivity contribution is 5.63. The van der Waals surface area contributed by atoms with Gasteiger partial charge in [-0.3, -0.25) is 0 Å². The first-order valence-corrected chi connectivity index (χ1v) is 10.7. The summed E-state index contributed by atoms with van der Waals surface area (Å²) >= 11 is 0. The van der Waals surface area contributed by atoms with Crippen molar-refractivity contribution < 1.29 is 9.47 Å². The van der Waals surface area contributed by atoms with Crippen LogP contribution in [0.25, 0.3) is 5.69 Å². The molecule has 0 unspecified atom stereocenters. The molecular weight excluding hydrogens is 420 g/mol. The molecule has 2 N–H and O–H groups in total. The van der Waals surface area contributed by atoms with Crippen molar-refractivity contribution in [3.05, 3.63) is 61.2 Å². The van der Waals surface area contributed by atoms with E-state index in [0.717, 1.165) is 35.9 Å². The van der Waals surface area contributed by atoms with Crippen molar-refractivity contribution in [2.45, 2.75) is 13.8 Å². The van der Waals surface area contributed by atoms with Gasteiger partial charge in [-0.25, -0.2) is 4.98 Å². The second-order valence-corrected chi connectivity index (χ2v) is 7.29. The van der Waals surface area contributed by atoms with Crippen LogP contribution in [0, 0.1) is 0 Å². The first-order chi connectivity index (χ1) is 16.2. The number of anilines is 5. The summed E-state index contributed by atoms with van der Waals surface area (Å²) in [6, 6.07) is 13.6. The first-order valence-electron chi connectivity index (χ1n) is 10.7. The van der Waals surface area contributed by atoms with Crippen LogP contribution in [0.5, 0.6) is 11.5 Å². The Bertz CT molecular complexity index is 1220. The Morgan fingerprint density at radius 1 is 0.879 bits per heavy atom. The molecule has 2 aromatic carbocycles. The van der Waals surface area contributed by atoms with Crippen LogP contribution in [-0.4, -0.2) is 44.4 Å². The highest BCUT2D eigenvalue weighted by Gasteiger charge is 2.15. The number of nitrogens with zero attached hydrogens (tertiary/aromatic N) is 6. The van der Waals surface area contributed by atoms with Gasteiger partial charge in [0, 0.05) is 48.6 Å². The summed E-state index contributed by atoms with van der Waals surface area (Å²) in [5.74, 6) is 2.89. The van der Waals surface area contributed by atoms with E-state index >= 15 is 0 Å². The monoisotopic (exact) mass is 444 g/mol. The van der Waals surface area contributed by atoms with Gasteiger partial charge in [0.25, 0.3) is 0 Å². The summed E-state index contributed by atoms with van der Waals surface area (Å²) in [7, 11) is 0. The number of hydrogen-bond acceptors (Lipinski definition) is 9. The summed E-state index contributed by atoms with van der Waals surface area (Å²) < 4.78 is 12.8. The Kier molecular flexibility index (Phi) is 5.62. The number of rotatable bonds is 8. The Hall–Kier alpha value is -4.34. The second kappa shape index (κ2) is 9.03. The van der Waals surface area contributed by atoms with Crippen LogP contribution < -0.4 is 25.0 Å². The van der Waals surface area contributed by atoms with E-state index in [4.69, 9.17) is 9.47 Å². The lowest BCUT2D eigenvalue weighted by Crippen LogP contribution is -2.25. The van der Waals surface area contributed by atoms with E-state index in [1.807, 2.05) is 53.2 Å². The van der Waals surface area contributed by atoms with Crippen LogP contribution >= 0.6 is 0 Å². The van der Waals surface area contributed by atoms with Gasteiger partial charge in [-0.15, -0.1) is 0 Å². The van der Waals surface area contributed by atoms with E-state index in [-0.39, 0.29) is 6.79 Å². The van der Waals surface area contributed by atoms with Gasteiger partial charge in [0.15, 0.2) is 11.5 Å². The van der Waals surface area contributed by atoms with E-state index < -0.39 is 0 Å². The highest BCUT2D eigenvalue weighted by Crippen LogP contribution is 2.35. The minimum absolute atomic E-state index is 0.227. The van der Waals surface area contributed by atoms with Crippen molar-refractivity contribution in [3.63, 3.8) is 0 Å². The molecule has 0 saturated heterocycles. The Labute approximate surface area is 191 Å². The molecule has 0 bridgehead atoms. The molecular formula is C23H24N8O2. The van der Waals surface area contributed by atoms with Gasteiger partial charge in [-0.1, -0.05) is 0 Å².